The number of aliphatic imine (C=N–C) groups is 1. The Morgan fingerprint density at radius 2 is 1.85 bits per heavy atom. The van der Waals surface area contributed by atoms with Gasteiger partial charge >= 0.3 is 0 Å². The molecule has 2 N–H and O–H groups in total. The van der Waals surface area contributed by atoms with Crippen LogP contribution in [0.25, 0.3) is 16.9 Å². The van der Waals surface area contributed by atoms with E-state index in [1.807, 2.05) is 30.3 Å². The normalized spacial score (nSPS) is 11.7. The summed E-state index contributed by atoms with van der Waals surface area (Å²) in [7, 11) is 0. The van der Waals surface area contributed by atoms with Crippen LogP contribution in [0.15, 0.2) is 64.4 Å². The van der Waals surface area contributed by atoms with Crippen molar-refractivity contribution < 1.29 is 9.50 Å². The van der Waals surface area contributed by atoms with Gasteiger partial charge in [-0.2, -0.15) is 0 Å². The highest BCUT2D eigenvalue weighted by molar-refractivity contribution is 6.03. The highest BCUT2D eigenvalue weighted by Crippen LogP contribution is 2.21. The van der Waals surface area contributed by atoms with Crippen LogP contribution in [0.5, 0.6) is 0 Å². The van der Waals surface area contributed by atoms with Crippen molar-refractivity contribution >= 4 is 5.71 Å². The molecule has 5 nitrogen and oxygen atoms in total. The molecule has 0 unspecified atom stereocenters. The quantitative estimate of drug-likeness (QED) is 0.528. The summed E-state index contributed by atoms with van der Waals surface area (Å²) in [4.78, 5) is 17.4. The van der Waals surface area contributed by atoms with Crippen LogP contribution in [0.2, 0.25) is 0 Å². The Balaban J connectivity index is 2.16. The molecule has 0 spiro atoms. The molecule has 0 bridgehead atoms. The second-order valence-electron chi connectivity index (χ2n) is 5.89. The summed E-state index contributed by atoms with van der Waals surface area (Å²) in [5, 5.41) is 12.1. The van der Waals surface area contributed by atoms with Crippen molar-refractivity contribution in [2.24, 2.45) is 4.99 Å². The predicted molar refractivity (Wildman–Crippen MR) is 101 cm³/mol. The standard InChI is InChI=1S/C20H20FN3O2/c1-14(22-12-5-13-25)18-19(15-6-3-2-4-7-15)23-24(20(18)26)17-10-8-16(21)9-11-17/h2-4,6-11,23,25H,5,12-13H2,1H3. The number of aromatic amines is 1. The van der Waals surface area contributed by atoms with Gasteiger partial charge < -0.3 is 5.11 Å². The Morgan fingerprint density at radius 1 is 1.15 bits per heavy atom. The first-order chi connectivity index (χ1) is 12.6. The topological polar surface area (TPSA) is 70.4 Å². The fraction of sp³-hybridized carbons (Fsp3) is 0.200. The lowest BCUT2D eigenvalue weighted by atomic mass is 10.1. The number of nitrogens with one attached hydrogen (secondary N) is 1. The van der Waals surface area contributed by atoms with E-state index in [4.69, 9.17) is 5.11 Å². The molecule has 1 aromatic heterocycles. The zero-order valence-corrected chi connectivity index (χ0v) is 14.4. The molecule has 3 rings (SSSR count). The third-order valence-electron chi connectivity index (χ3n) is 4.06. The first-order valence-corrected chi connectivity index (χ1v) is 8.40. The molecule has 1 heterocycles. The Morgan fingerprint density at radius 3 is 2.50 bits per heavy atom. The molecule has 0 fully saturated rings. The number of hydrogen-bond acceptors (Lipinski definition) is 3. The maximum absolute atomic E-state index is 13.2. The minimum absolute atomic E-state index is 0.0509. The van der Waals surface area contributed by atoms with Gasteiger partial charge in [-0.25, -0.2) is 9.07 Å². The van der Waals surface area contributed by atoms with Crippen molar-refractivity contribution in [3.63, 3.8) is 0 Å². The number of aliphatic hydroxyl groups excluding tert-OH is 1. The van der Waals surface area contributed by atoms with Crippen LogP contribution in [0.3, 0.4) is 0 Å². The number of nitrogens with zero attached hydrogens (tertiary/aromatic N) is 2. The minimum atomic E-state index is -0.362. The van der Waals surface area contributed by atoms with E-state index in [1.165, 1.54) is 16.8 Å². The fourth-order valence-electron chi connectivity index (χ4n) is 2.76. The van der Waals surface area contributed by atoms with Crippen LogP contribution in [0, 0.1) is 5.82 Å². The Hall–Kier alpha value is -2.99. The van der Waals surface area contributed by atoms with Crippen LogP contribution in [0.4, 0.5) is 4.39 Å². The molecule has 134 valence electrons. The van der Waals surface area contributed by atoms with Crippen LogP contribution in [-0.4, -0.2) is 33.8 Å². The molecule has 0 aliphatic heterocycles. The largest absolute Gasteiger partial charge is 0.396 e. The summed E-state index contributed by atoms with van der Waals surface area (Å²) in [5.74, 6) is -0.362. The molecule has 0 amide bonds. The van der Waals surface area contributed by atoms with Gasteiger partial charge in [-0.05, 0) is 37.6 Å². The van der Waals surface area contributed by atoms with E-state index in [0.29, 0.717) is 35.6 Å². The molecule has 2 aromatic carbocycles. The van der Waals surface area contributed by atoms with Gasteiger partial charge in [-0.15, -0.1) is 0 Å². The second kappa shape index (κ2) is 7.93. The molecule has 0 saturated carbocycles. The summed E-state index contributed by atoms with van der Waals surface area (Å²) < 4.78 is 14.6. The van der Waals surface area contributed by atoms with Gasteiger partial charge in [0, 0.05) is 24.4 Å². The lowest BCUT2D eigenvalue weighted by Gasteiger charge is -2.03. The second-order valence-corrected chi connectivity index (χ2v) is 5.89. The Bertz CT molecular complexity index is 957. The number of aromatic nitrogens is 2. The zero-order chi connectivity index (χ0) is 18.5. The van der Waals surface area contributed by atoms with Gasteiger partial charge in [0.1, 0.15) is 5.82 Å². The van der Waals surface area contributed by atoms with E-state index in [-0.39, 0.29) is 18.0 Å². The molecule has 0 radical (unpaired) electrons. The summed E-state index contributed by atoms with van der Waals surface area (Å²) in [6.45, 7) is 2.27. The van der Waals surface area contributed by atoms with Crippen LogP contribution in [0.1, 0.15) is 18.9 Å². The fourth-order valence-corrected chi connectivity index (χ4v) is 2.76. The number of H-pyrrole nitrogens is 1. The van der Waals surface area contributed by atoms with Crippen molar-refractivity contribution in [2.75, 3.05) is 13.2 Å². The van der Waals surface area contributed by atoms with Crippen LogP contribution >= 0.6 is 0 Å². The van der Waals surface area contributed by atoms with Crippen molar-refractivity contribution in [3.8, 4) is 16.9 Å². The first kappa shape index (κ1) is 17.8. The van der Waals surface area contributed by atoms with E-state index in [2.05, 4.69) is 10.1 Å². The highest BCUT2D eigenvalue weighted by atomic mass is 19.1. The summed E-state index contributed by atoms with van der Waals surface area (Å²) >= 11 is 0. The Labute approximate surface area is 150 Å². The molecule has 0 atom stereocenters. The van der Waals surface area contributed by atoms with E-state index >= 15 is 0 Å². The van der Waals surface area contributed by atoms with Gasteiger partial charge in [0.05, 0.1) is 16.9 Å². The molecule has 26 heavy (non-hydrogen) atoms. The van der Waals surface area contributed by atoms with E-state index in [1.54, 1.807) is 19.1 Å². The highest BCUT2D eigenvalue weighted by Gasteiger charge is 2.19. The summed E-state index contributed by atoms with van der Waals surface area (Å²) in [5.41, 5.74) is 2.88. The predicted octanol–water partition coefficient (Wildman–Crippen LogP) is 3.16. The average molecular weight is 353 g/mol. The van der Waals surface area contributed by atoms with E-state index in [0.717, 1.165) is 5.56 Å². The van der Waals surface area contributed by atoms with Gasteiger partial charge in [0.2, 0.25) is 0 Å². The van der Waals surface area contributed by atoms with E-state index < -0.39 is 0 Å². The molecular formula is C20H20FN3O2. The number of halogens is 1. The number of benzene rings is 2. The van der Waals surface area contributed by atoms with Crippen molar-refractivity contribution in [1.82, 2.24) is 9.78 Å². The van der Waals surface area contributed by atoms with Crippen LogP contribution in [-0.2, 0) is 0 Å². The van der Waals surface area contributed by atoms with Crippen molar-refractivity contribution in [2.45, 2.75) is 13.3 Å². The first-order valence-electron chi connectivity index (χ1n) is 8.40. The number of rotatable bonds is 6. The molecule has 0 aliphatic carbocycles. The van der Waals surface area contributed by atoms with Gasteiger partial charge in [0.25, 0.3) is 5.56 Å². The maximum atomic E-state index is 13.2. The summed E-state index contributed by atoms with van der Waals surface area (Å²) in [6.07, 6.45) is 0.536. The van der Waals surface area contributed by atoms with E-state index in [9.17, 15) is 9.18 Å². The average Bonchev–Trinajstić information content (AvgIpc) is 3.00. The number of aliphatic hydroxyl groups is 1. The van der Waals surface area contributed by atoms with Crippen molar-refractivity contribution in [3.05, 3.63) is 76.3 Å². The molecule has 6 heteroatoms. The molecule has 0 aliphatic rings. The third-order valence-corrected chi connectivity index (χ3v) is 4.06. The summed E-state index contributed by atoms with van der Waals surface area (Å²) in [6, 6.07) is 15.2. The van der Waals surface area contributed by atoms with Gasteiger partial charge in [-0.3, -0.25) is 14.9 Å². The molecule has 0 saturated heterocycles. The lowest BCUT2D eigenvalue weighted by Crippen LogP contribution is -2.19. The minimum Gasteiger partial charge on any atom is -0.396 e. The Kier molecular flexibility index (Phi) is 5.43. The van der Waals surface area contributed by atoms with Gasteiger partial charge in [-0.1, -0.05) is 30.3 Å². The lowest BCUT2D eigenvalue weighted by molar-refractivity contribution is 0.291. The van der Waals surface area contributed by atoms with Gasteiger partial charge in [0.15, 0.2) is 0 Å². The SMILES string of the molecule is CC(=NCCCO)c1c(-c2ccccc2)[nH]n(-c2ccc(F)cc2)c1=O. The number of hydrogen-bond donors (Lipinski definition) is 2. The van der Waals surface area contributed by atoms with Crippen LogP contribution < -0.4 is 5.56 Å². The zero-order valence-electron chi connectivity index (χ0n) is 14.4. The molecule has 3 aromatic rings. The third kappa shape index (κ3) is 3.65. The maximum Gasteiger partial charge on any atom is 0.280 e. The van der Waals surface area contributed by atoms with Crippen molar-refractivity contribution in [1.29, 1.82) is 0 Å². The molecular weight excluding hydrogens is 333 g/mol. The smallest absolute Gasteiger partial charge is 0.280 e. The monoisotopic (exact) mass is 353 g/mol.